The molecular formula is C8H4F6N-. The van der Waals surface area contributed by atoms with Crippen LogP contribution in [-0.2, 0) is 12.4 Å². The predicted molar refractivity (Wildman–Crippen MR) is 40.4 cm³/mol. The Labute approximate surface area is 80.5 Å². The van der Waals surface area contributed by atoms with Gasteiger partial charge in [0, 0.05) is 5.56 Å². The number of benzene rings is 1. The third kappa shape index (κ3) is 2.54. The summed E-state index contributed by atoms with van der Waals surface area (Å²) in [4.78, 5) is 0. The van der Waals surface area contributed by atoms with Gasteiger partial charge in [-0.1, -0.05) is 12.1 Å². The van der Waals surface area contributed by atoms with Crippen molar-refractivity contribution in [3.8, 4) is 0 Å². The molecule has 1 aromatic rings. The van der Waals surface area contributed by atoms with E-state index < -0.39 is 29.2 Å². The second kappa shape index (κ2) is 3.32. The first-order valence-corrected chi connectivity index (χ1v) is 3.62. The maximum Gasteiger partial charge on any atom is 0.416 e. The smallest absolute Gasteiger partial charge is 0.416 e. The van der Waals surface area contributed by atoms with E-state index in [4.69, 9.17) is 5.73 Å². The van der Waals surface area contributed by atoms with Gasteiger partial charge in [0.1, 0.15) is 0 Å². The van der Waals surface area contributed by atoms with Crippen LogP contribution in [0.2, 0.25) is 0 Å². The van der Waals surface area contributed by atoms with Gasteiger partial charge < -0.3 is 5.73 Å². The Morgan fingerprint density at radius 2 is 1.40 bits per heavy atom. The van der Waals surface area contributed by atoms with Crippen LogP contribution in [0.3, 0.4) is 0 Å². The van der Waals surface area contributed by atoms with Crippen molar-refractivity contribution in [3.63, 3.8) is 0 Å². The molecule has 7 heteroatoms. The fraction of sp³-hybridized carbons (Fsp3) is 0.250. The fourth-order valence-corrected chi connectivity index (χ4v) is 0.955. The largest absolute Gasteiger partial charge is 0.698 e. The van der Waals surface area contributed by atoms with Crippen molar-refractivity contribution in [1.82, 2.24) is 0 Å². The molecule has 1 aromatic carbocycles. The maximum absolute atomic E-state index is 12.1. The SMILES string of the molecule is [NH-]c1ccc(C(F)(F)F)cc1C(F)(F)F. The second-order valence-corrected chi connectivity index (χ2v) is 2.76. The van der Waals surface area contributed by atoms with Gasteiger partial charge in [0.25, 0.3) is 0 Å². The van der Waals surface area contributed by atoms with E-state index in [-0.39, 0.29) is 6.07 Å². The van der Waals surface area contributed by atoms with Crippen molar-refractivity contribution in [3.05, 3.63) is 35.1 Å². The molecule has 1 rings (SSSR count). The molecule has 0 aliphatic heterocycles. The number of alkyl halides is 6. The first kappa shape index (κ1) is 11.7. The average Bonchev–Trinajstić information content (AvgIpc) is 2.00. The average molecular weight is 228 g/mol. The lowest BCUT2D eigenvalue weighted by Crippen LogP contribution is -2.10. The molecular weight excluding hydrogens is 224 g/mol. The Bertz CT molecular complexity index is 364. The Morgan fingerprint density at radius 3 is 1.80 bits per heavy atom. The van der Waals surface area contributed by atoms with E-state index in [1.165, 1.54) is 0 Å². The van der Waals surface area contributed by atoms with Crippen LogP contribution in [0.4, 0.5) is 32.0 Å². The Kier molecular flexibility index (Phi) is 2.58. The van der Waals surface area contributed by atoms with Crippen molar-refractivity contribution in [2.45, 2.75) is 12.4 Å². The molecule has 84 valence electrons. The van der Waals surface area contributed by atoms with Gasteiger partial charge in [-0.2, -0.15) is 26.3 Å². The number of hydrogen-bond acceptors (Lipinski definition) is 0. The topological polar surface area (TPSA) is 23.8 Å². The first-order chi connectivity index (χ1) is 6.62. The van der Waals surface area contributed by atoms with Crippen LogP contribution in [0.25, 0.3) is 5.73 Å². The van der Waals surface area contributed by atoms with E-state index in [1.807, 2.05) is 0 Å². The second-order valence-electron chi connectivity index (χ2n) is 2.76. The summed E-state index contributed by atoms with van der Waals surface area (Å²) in [5.74, 6) is 0. The van der Waals surface area contributed by atoms with Crippen molar-refractivity contribution < 1.29 is 26.3 Å². The summed E-state index contributed by atoms with van der Waals surface area (Å²) < 4.78 is 72.6. The van der Waals surface area contributed by atoms with Crippen LogP contribution in [0.1, 0.15) is 11.1 Å². The van der Waals surface area contributed by atoms with Gasteiger partial charge in [-0.25, -0.2) is 0 Å². The molecule has 0 fully saturated rings. The van der Waals surface area contributed by atoms with Crippen molar-refractivity contribution in [2.75, 3.05) is 0 Å². The highest BCUT2D eigenvalue weighted by molar-refractivity contribution is 5.54. The van der Waals surface area contributed by atoms with Crippen LogP contribution in [-0.4, -0.2) is 0 Å². The van der Waals surface area contributed by atoms with E-state index in [2.05, 4.69) is 0 Å². The Hall–Kier alpha value is -1.40. The lowest BCUT2D eigenvalue weighted by atomic mass is 10.1. The zero-order valence-electron chi connectivity index (χ0n) is 7.00. The molecule has 0 aliphatic carbocycles. The maximum atomic E-state index is 12.1. The summed E-state index contributed by atoms with van der Waals surface area (Å²) in [6.07, 6.45) is -9.79. The van der Waals surface area contributed by atoms with Crippen molar-refractivity contribution in [1.29, 1.82) is 0 Å². The van der Waals surface area contributed by atoms with Gasteiger partial charge in [-0.15, -0.1) is 5.69 Å². The minimum Gasteiger partial charge on any atom is -0.698 e. The molecule has 0 aromatic heterocycles. The Balaban J connectivity index is 3.30. The molecule has 0 radical (unpaired) electrons. The van der Waals surface area contributed by atoms with E-state index in [9.17, 15) is 26.3 Å². The summed E-state index contributed by atoms with van der Waals surface area (Å²) in [5.41, 5.74) is 2.87. The third-order valence-electron chi connectivity index (χ3n) is 1.65. The predicted octanol–water partition coefficient (Wildman–Crippen LogP) is 4.41. The van der Waals surface area contributed by atoms with Crippen LogP contribution < -0.4 is 0 Å². The lowest BCUT2D eigenvalue weighted by Gasteiger charge is -2.17. The molecule has 15 heavy (non-hydrogen) atoms. The highest BCUT2D eigenvalue weighted by Gasteiger charge is 2.36. The Morgan fingerprint density at radius 1 is 0.867 bits per heavy atom. The molecule has 0 unspecified atom stereocenters. The molecule has 0 amide bonds. The van der Waals surface area contributed by atoms with Crippen molar-refractivity contribution in [2.24, 2.45) is 0 Å². The molecule has 0 spiro atoms. The number of nitrogens with one attached hydrogen (secondary N) is 1. The molecule has 0 aliphatic rings. The zero-order chi connectivity index (χ0) is 11.9. The first-order valence-electron chi connectivity index (χ1n) is 3.62. The van der Waals surface area contributed by atoms with Crippen LogP contribution in [0.15, 0.2) is 18.2 Å². The minimum absolute atomic E-state index is 0.0671. The van der Waals surface area contributed by atoms with Gasteiger partial charge >= 0.3 is 12.4 Å². The summed E-state index contributed by atoms with van der Waals surface area (Å²) in [7, 11) is 0. The van der Waals surface area contributed by atoms with E-state index >= 15 is 0 Å². The van der Waals surface area contributed by atoms with Gasteiger partial charge in [0.2, 0.25) is 0 Å². The highest BCUT2D eigenvalue weighted by Crippen LogP contribution is 2.39. The molecule has 0 heterocycles. The van der Waals surface area contributed by atoms with Gasteiger partial charge in [-0.05, 0) is 6.07 Å². The van der Waals surface area contributed by atoms with E-state index in [0.717, 1.165) is 0 Å². The number of halogens is 6. The summed E-state index contributed by atoms with van der Waals surface area (Å²) in [6, 6.07) is 0.853. The van der Waals surface area contributed by atoms with Crippen LogP contribution >= 0.6 is 0 Å². The van der Waals surface area contributed by atoms with Crippen LogP contribution in [0, 0.1) is 0 Å². The standard InChI is InChI=1S/C8H4F6N/c9-7(10,11)4-1-2-6(15)5(3-4)8(12,13)14/h1-3,15H/q-1. The molecule has 0 saturated carbocycles. The van der Waals surface area contributed by atoms with Gasteiger partial charge in [-0.3, -0.25) is 0 Å². The molecule has 0 saturated heterocycles. The monoisotopic (exact) mass is 228 g/mol. The zero-order valence-corrected chi connectivity index (χ0v) is 7.00. The van der Waals surface area contributed by atoms with Gasteiger partial charge in [0.05, 0.1) is 5.56 Å². The molecule has 0 atom stereocenters. The van der Waals surface area contributed by atoms with Crippen LogP contribution in [0.5, 0.6) is 0 Å². The molecule has 1 N–H and O–H groups in total. The van der Waals surface area contributed by atoms with E-state index in [0.29, 0.717) is 12.1 Å². The number of rotatable bonds is 0. The normalized spacial score (nSPS) is 12.9. The summed E-state index contributed by atoms with van der Waals surface area (Å²) in [5, 5.41) is 0. The summed E-state index contributed by atoms with van der Waals surface area (Å²) in [6.45, 7) is 0. The highest BCUT2D eigenvalue weighted by atomic mass is 19.4. The van der Waals surface area contributed by atoms with Crippen molar-refractivity contribution >= 4 is 5.69 Å². The lowest BCUT2D eigenvalue weighted by molar-refractivity contribution is -0.142. The van der Waals surface area contributed by atoms with Gasteiger partial charge in [0.15, 0.2) is 0 Å². The number of hydrogen-bond donors (Lipinski definition) is 0. The third-order valence-corrected chi connectivity index (χ3v) is 1.65. The molecule has 0 bridgehead atoms. The quantitative estimate of drug-likeness (QED) is 0.587. The molecule has 1 nitrogen and oxygen atoms in total. The fourth-order valence-electron chi connectivity index (χ4n) is 0.955. The minimum atomic E-state index is -4.95. The summed E-state index contributed by atoms with van der Waals surface area (Å²) >= 11 is 0. The van der Waals surface area contributed by atoms with E-state index in [1.54, 1.807) is 0 Å².